The predicted molar refractivity (Wildman–Crippen MR) is 136 cm³/mol. The van der Waals surface area contributed by atoms with Gasteiger partial charge in [0, 0.05) is 0 Å². The van der Waals surface area contributed by atoms with Crippen molar-refractivity contribution in [1.29, 1.82) is 0 Å². The van der Waals surface area contributed by atoms with Gasteiger partial charge in [0.15, 0.2) is 21.4 Å². The van der Waals surface area contributed by atoms with Gasteiger partial charge in [-0.1, -0.05) is 121 Å². The van der Waals surface area contributed by atoms with E-state index in [0.717, 1.165) is 21.2 Å². The van der Waals surface area contributed by atoms with Crippen LogP contribution in [0.2, 0.25) is 0 Å². The molecular weight excluding hydrogens is 462 g/mol. The Hall–Kier alpha value is -2.00. The molecular formula is C24H20O3P2S2. The average molecular weight is 483 g/mol. The molecule has 3 nitrogen and oxygen atoms in total. The zero-order chi connectivity index (χ0) is 21.5. The second-order valence-electron chi connectivity index (χ2n) is 6.43. The Balaban J connectivity index is 1.66. The largest absolute Gasteiger partial charge is 0.223 e. The minimum atomic E-state index is -1.78. The van der Waals surface area contributed by atoms with Crippen LogP contribution in [0.3, 0.4) is 0 Å². The molecule has 4 aromatic carbocycles. The highest BCUT2D eigenvalue weighted by molar-refractivity contribution is 8.56. The van der Waals surface area contributed by atoms with E-state index in [0.29, 0.717) is 0 Å². The molecule has 0 atom stereocenters. The van der Waals surface area contributed by atoms with E-state index in [1.807, 2.05) is 121 Å². The Morgan fingerprint density at radius 1 is 0.419 bits per heavy atom. The Morgan fingerprint density at radius 3 is 0.871 bits per heavy atom. The maximum atomic E-state index is 13.5. The predicted octanol–water partition coefficient (Wildman–Crippen LogP) is 4.43. The first-order chi connectivity index (χ1) is 15.2. The Kier molecular flexibility index (Phi) is 7.91. The minimum absolute atomic E-state index is 0.919. The van der Waals surface area contributed by atoms with E-state index in [-0.39, 0.29) is 0 Å². The van der Waals surface area contributed by atoms with Gasteiger partial charge < -0.3 is 0 Å². The highest BCUT2D eigenvalue weighted by atomic mass is 32.8. The molecule has 0 unspecified atom stereocenters. The molecule has 0 aliphatic rings. The summed E-state index contributed by atoms with van der Waals surface area (Å²) in [6, 6.07) is 38.6. The van der Waals surface area contributed by atoms with Gasteiger partial charge in [0.1, 0.15) is 0 Å². The Labute approximate surface area is 189 Å². The summed E-state index contributed by atoms with van der Waals surface area (Å²) in [6.45, 7) is 0. The van der Waals surface area contributed by atoms with Gasteiger partial charge in [-0.05, 0) is 21.2 Å². The molecule has 156 valence electrons. The second-order valence-corrected chi connectivity index (χ2v) is 15.1. The summed E-state index contributed by atoms with van der Waals surface area (Å²) in [4.78, 5) is 0. The molecule has 0 radical (unpaired) electrons. The Morgan fingerprint density at radius 2 is 0.645 bits per heavy atom. The summed E-state index contributed by atoms with van der Waals surface area (Å²) in [5.41, 5.74) is 0. The monoisotopic (exact) mass is 482 g/mol. The first-order valence-corrected chi connectivity index (χ1v) is 15.6. The van der Waals surface area contributed by atoms with Gasteiger partial charge in [0.05, 0.1) is 14.2 Å². The summed E-state index contributed by atoms with van der Waals surface area (Å²) in [6.07, 6.45) is 0. The smallest absolute Gasteiger partial charge is 0.200 e. The van der Waals surface area contributed by atoms with Crippen LogP contribution in [-0.4, -0.2) is 8.42 Å². The normalized spacial score (nSPS) is 13.2. The molecule has 0 N–H and O–H groups in total. The molecule has 4 rings (SSSR count). The molecule has 0 aliphatic heterocycles. The van der Waals surface area contributed by atoms with Crippen molar-refractivity contribution >= 4 is 56.9 Å². The summed E-state index contributed by atoms with van der Waals surface area (Å²) < 4.78 is 32.7. The van der Waals surface area contributed by atoms with Crippen LogP contribution < -0.4 is 21.2 Å². The summed E-state index contributed by atoms with van der Waals surface area (Å²) in [5, 5.41) is 3.68. The zero-order valence-electron chi connectivity index (χ0n) is 16.5. The lowest BCUT2D eigenvalue weighted by atomic mass is 10.4. The SMILES string of the molecule is O=S(OS(=O)P(c1ccccc1)c1ccccc1)P(c1ccccc1)c1ccccc1. The van der Waals surface area contributed by atoms with Gasteiger partial charge in [-0.25, -0.2) is 8.42 Å². The van der Waals surface area contributed by atoms with Gasteiger partial charge in [-0.2, -0.15) is 3.63 Å². The van der Waals surface area contributed by atoms with E-state index in [2.05, 4.69) is 0 Å². The molecule has 0 saturated heterocycles. The lowest BCUT2D eigenvalue weighted by Crippen LogP contribution is -2.19. The highest BCUT2D eigenvalue weighted by Gasteiger charge is 2.29. The van der Waals surface area contributed by atoms with E-state index in [1.54, 1.807) is 0 Å². The summed E-state index contributed by atoms with van der Waals surface area (Å²) in [7, 11) is -6.23. The van der Waals surface area contributed by atoms with E-state index >= 15 is 0 Å². The maximum absolute atomic E-state index is 13.5. The molecule has 0 bridgehead atoms. The number of hydrogen-bond acceptors (Lipinski definition) is 3. The van der Waals surface area contributed by atoms with Crippen LogP contribution in [0.5, 0.6) is 0 Å². The molecule has 0 amide bonds. The lowest BCUT2D eigenvalue weighted by molar-refractivity contribution is 0.587. The molecule has 4 aromatic rings. The van der Waals surface area contributed by atoms with E-state index < -0.39 is 35.6 Å². The molecule has 31 heavy (non-hydrogen) atoms. The van der Waals surface area contributed by atoms with E-state index in [1.165, 1.54) is 0 Å². The first kappa shape index (κ1) is 22.2. The molecule has 0 saturated carbocycles. The molecule has 7 heteroatoms. The molecule has 0 aliphatic carbocycles. The van der Waals surface area contributed by atoms with Crippen LogP contribution in [0.25, 0.3) is 0 Å². The van der Waals surface area contributed by atoms with Crippen molar-refractivity contribution in [2.24, 2.45) is 0 Å². The quantitative estimate of drug-likeness (QED) is 0.349. The molecule has 0 heterocycles. The fourth-order valence-electron chi connectivity index (χ4n) is 3.01. The van der Waals surface area contributed by atoms with Gasteiger partial charge in [0.25, 0.3) is 0 Å². The standard InChI is InChI=1S/C24H20O3P2S2/c25-30(28(21-13-5-1-6-14-21)22-15-7-2-8-16-22)27-31(26)29(23-17-9-3-10-18-23)24-19-11-4-12-20-24/h1-20H. The van der Waals surface area contributed by atoms with Crippen LogP contribution in [0.4, 0.5) is 0 Å². The molecule has 0 fully saturated rings. The minimum Gasteiger partial charge on any atom is -0.223 e. The van der Waals surface area contributed by atoms with Crippen molar-refractivity contribution in [2.45, 2.75) is 0 Å². The summed E-state index contributed by atoms with van der Waals surface area (Å²) >= 11 is 0. The molecule has 0 aromatic heterocycles. The lowest BCUT2D eigenvalue weighted by Gasteiger charge is -2.20. The van der Waals surface area contributed by atoms with Crippen molar-refractivity contribution in [3.8, 4) is 0 Å². The average Bonchev–Trinajstić information content (AvgIpc) is 2.82. The van der Waals surface area contributed by atoms with Gasteiger partial charge in [-0.3, -0.25) is 0 Å². The van der Waals surface area contributed by atoms with Crippen molar-refractivity contribution in [3.63, 3.8) is 0 Å². The topological polar surface area (TPSA) is 43.4 Å². The van der Waals surface area contributed by atoms with E-state index in [4.69, 9.17) is 3.63 Å². The third-order valence-electron chi connectivity index (χ3n) is 4.38. The highest BCUT2D eigenvalue weighted by Crippen LogP contribution is 2.45. The van der Waals surface area contributed by atoms with Gasteiger partial charge in [-0.15, -0.1) is 0 Å². The zero-order valence-corrected chi connectivity index (χ0v) is 19.9. The van der Waals surface area contributed by atoms with Crippen molar-refractivity contribution in [1.82, 2.24) is 0 Å². The van der Waals surface area contributed by atoms with Crippen molar-refractivity contribution in [3.05, 3.63) is 121 Å². The van der Waals surface area contributed by atoms with Gasteiger partial charge >= 0.3 is 0 Å². The number of hydrogen-bond donors (Lipinski definition) is 0. The number of rotatable bonds is 8. The Bertz CT molecular complexity index is 973. The van der Waals surface area contributed by atoms with Crippen LogP contribution in [0, 0.1) is 0 Å². The van der Waals surface area contributed by atoms with Gasteiger partial charge in [0.2, 0.25) is 0 Å². The second kappa shape index (κ2) is 11.0. The van der Waals surface area contributed by atoms with Crippen molar-refractivity contribution < 1.29 is 12.0 Å². The van der Waals surface area contributed by atoms with E-state index in [9.17, 15) is 8.42 Å². The fraction of sp³-hybridized carbons (Fsp3) is 0. The number of benzene rings is 4. The van der Waals surface area contributed by atoms with Crippen LogP contribution in [0.15, 0.2) is 121 Å². The molecule has 0 spiro atoms. The first-order valence-electron chi connectivity index (χ1n) is 9.57. The maximum Gasteiger partial charge on any atom is 0.200 e. The van der Waals surface area contributed by atoms with Crippen LogP contribution in [-0.2, 0) is 25.0 Å². The van der Waals surface area contributed by atoms with Crippen LogP contribution >= 0.6 is 14.2 Å². The fourth-order valence-corrected chi connectivity index (χ4v) is 13.0. The summed E-state index contributed by atoms with van der Waals surface area (Å²) in [5.74, 6) is 0. The van der Waals surface area contributed by atoms with Crippen molar-refractivity contribution in [2.75, 3.05) is 0 Å². The third kappa shape index (κ3) is 5.63. The third-order valence-corrected chi connectivity index (χ3v) is 14.4. The van der Waals surface area contributed by atoms with Crippen LogP contribution in [0.1, 0.15) is 0 Å².